The number of benzene rings is 1. The Hall–Kier alpha value is -2.10. The first-order valence-corrected chi connectivity index (χ1v) is 8.10. The number of hydrogen-bond acceptors (Lipinski definition) is 3. The summed E-state index contributed by atoms with van der Waals surface area (Å²) in [6.45, 7) is 10.2. The molecule has 0 atom stereocenters. The number of aryl methyl sites for hydroxylation is 1. The first-order valence-electron chi connectivity index (χ1n) is 8.10. The lowest BCUT2D eigenvalue weighted by molar-refractivity contribution is -0.122. The summed E-state index contributed by atoms with van der Waals surface area (Å²) in [4.78, 5) is 16.1. The van der Waals surface area contributed by atoms with Crippen LogP contribution in [0.25, 0.3) is 11.3 Å². The Labute approximate surface area is 138 Å². The summed E-state index contributed by atoms with van der Waals surface area (Å²) < 4.78 is 5.76. The molecular formula is C19H26N2O2. The second-order valence-corrected chi connectivity index (χ2v) is 7.19. The Morgan fingerprint density at radius 1 is 1.22 bits per heavy atom. The van der Waals surface area contributed by atoms with Crippen LogP contribution in [0.15, 0.2) is 34.9 Å². The molecule has 0 radical (unpaired) electrons. The molecule has 2 rings (SSSR count). The zero-order chi connectivity index (χ0) is 17.0. The molecule has 0 saturated carbocycles. The third-order valence-corrected chi connectivity index (χ3v) is 3.50. The monoisotopic (exact) mass is 314 g/mol. The van der Waals surface area contributed by atoms with Gasteiger partial charge in [-0.3, -0.25) is 4.79 Å². The Morgan fingerprint density at radius 2 is 1.87 bits per heavy atom. The smallest absolute Gasteiger partial charge is 0.220 e. The highest BCUT2D eigenvalue weighted by Gasteiger charge is 2.15. The first kappa shape index (κ1) is 17.3. The number of nitrogens with zero attached hydrogens (tertiary/aromatic N) is 1. The second kappa shape index (κ2) is 6.99. The van der Waals surface area contributed by atoms with Gasteiger partial charge in [-0.05, 0) is 32.3 Å². The Balaban J connectivity index is 1.96. The van der Waals surface area contributed by atoms with Crippen molar-refractivity contribution in [3.05, 3.63) is 41.9 Å². The van der Waals surface area contributed by atoms with Gasteiger partial charge >= 0.3 is 0 Å². The van der Waals surface area contributed by atoms with Crippen molar-refractivity contribution in [2.75, 3.05) is 0 Å². The molecule has 124 valence electrons. The van der Waals surface area contributed by atoms with Crippen LogP contribution in [-0.2, 0) is 11.2 Å². The van der Waals surface area contributed by atoms with E-state index in [0.29, 0.717) is 24.7 Å². The fourth-order valence-electron chi connectivity index (χ4n) is 2.29. The number of amides is 1. The molecule has 0 aliphatic carbocycles. The zero-order valence-electron chi connectivity index (χ0n) is 14.6. The maximum absolute atomic E-state index is 11.8. The van der Waals surface area contributed by atoms with Gasteiger partial charge in [0.15, 0.2) is 11.7 Å². The van der Waals surface area contributed by atoms with E-state index in [1.54, 1.807) is 6.20 Å². The molecule has 1 aromatic heterocycles. The predicted octanol–water partition coefficient (Wildman–Crippen LogP) is 4.31. The van der Waals surface area contributed by atoms with Crippen molar-refractivity contribution in [2.24, 2.45) is 0 Å². The van der Waals surface area contributed by atoms with E-state index in [4.69, 9.17) is 4.42 Å². The summed E-state index contributed by atoms with van der Waals surface area (Å²) in [7, 11) is 0. The van der Waals surface area contributed by atoms with Gasteiger partial charge in [-0.2, -0.15) is 0 Å². The third-order valence-electron chi connectivity index (χ3n) is 3.50. The van der Waals surface area contributed by atoms with Crippen LogP contribution in [0.1, 0.15) is 58.4 Å². The molecule has 0 fully saturated rings. The van der Waals surface area contributed by atoms with Crippen LogP contribution in [0.4, 0.5) is 0 Å². The largest absolute Gasteiger partial charge is 0.441 e. The van der Waals surface area contributed by atoms with Crippen molar-refractivity contribution < 1.29 is 9.21 Å². The molecule has 23 heavy (non-hydrogen) atoms. The number of oxazole rings is 1. The number of hydrogen-bond donors (Lipinski definition) is 1. The van der Waals surface area contributed by atoms with Gasteiger partial charge in [0.05, 0.1) is 6.20 Å². The lowest BCUT2D eigenvalue weighted by Gasteiger charge is -2.20. The Morgan fingerprint density at radius 3 is 2.43 bits per heavy atom. The van der Waals surface area contributed by atoms with E-state index in [9.17, 15) is 4.79 Å². The summed E-state index contributed by atoms with van der Waals surface area (Å²) in [5.74, 6) is 1.86. The molecule has 1 N–H and O–H groups in total. The number of carbonyl (C=O) groups is 1. The minimum atomic E-state index is -0.211. The first-order chi connectivity index (χ1) is 10.7. The quantitative estimate of drug-likeness (QED) is 0.894. The predicted molar refractivity (Wildman–Crippen MR) is 92.2 cm³/mol. The maximum atomic E-state index is 11.8. The summed E-state index contributed by atoms with van der Waals surface area (Å²) in [5, 5.41) is 2.94. The van der Waals surface area contributed by atoms with Crippen LogP contribution < -0.4 is 5.32 Å². The highest BCUT2D eigenvalue weighted by molar-refractivity contribution is 5.76. The van der Waals surface area contributed by atoms with Crippen molar-refractivity contribution in [1.29, 1.82) is 0 Å². The molecule has 0 spiro atoms. The lowest BCUT2D eigenvalue weighted by atomic mass is 10.0. The molecule has 0 aliphatic rings. The fraction of sp³-hybridized carbons (Fsp3) is 0.474. The lowest BCUT2D eigenvalue weighted by Crippen LogP contribution is -2.40. The average molecular weight is 314 g/mol. The summed E-state index contributed by atoms with van der Waals surface area (Å²) >= 11 is 0. The topological polar surface area (TPSA) is 55.1 Å². The van der Waals surface area contributed by atoms with E-state index in [1.807, 2.05) is 32.9 Å². The summed E-state index contributed by atoms with van der Waals surface area (Å²) in [6.07, 6.45) is 2.61. The number of carbonyl (C=O) groups excluding carboxylic acids is 1. The molecule has 4 nitrogen and oxygen atoms in total. The molecule has 1 heterocycles. The number of rotatable bonds is 5. The highest BCUT2D eigenvalue weighted by Crippen LogP contribution is 2.23. The van der Waals surface area contributed by atoms with E-state index < -0.39 is 0 Å². The maximum Gasteiger partial charge on any atom is 0.220 e. The Kier molecular flexibility index (Phi) is 5.24. The highest BCUT2D eigenvalue weighted by atomic mass is 16.4. The minimum Gasteiger partial charge on any atom is -0.441 e. The van der Waals surface area contributed by atoms with Gasteiger partial charge in [0.2, 0.25) is 5.91 Å². The van der Waals surface area contributed by atoms with Gasteiger partial charge in [-0.25, -0.2) is 4.98 Å². The SMILES string of the molecule is CC(C)c1ccc(-c2cnc(CCC(=O)NC(C)(C)C)o2)cc1. The van der Waals surface area contributed by atoms with Crippen molar-refractivity contribution >= 4 is 5.91 Å². The molecule has 2 aromatic rings. The van der Waals surface area contributed by atoms with E-state index in [1.165, 1.54) is 5.56 Å². The van der Waals surface area contributed by atoms with Crippen LogP contribution in [-0.4, -0.2) is 16.4 Å². The van der Waals surface area contributed by atoms with Crippen molar-refractivity contribution in [3.63, 3.8) is 0 Å². The van der Waals surface area contributed by atoms with Gasteiger partial charge in [0.1, 0.15) is 0 Å². The second-order valence-electron chi connectivity index (χ2n) is 7.19. The standard InChI is InChI=1S/C19H26N2O2/c1-13(2)14-6-8-15(9-7-14)16-12-20-18(23-16)11-10-17(22)21-19(3,4)5/h6-9,12-13H,10-11H2,1-5H3,(H,21,22). The molecule has 4 heteroatoms. The van der Waals surface area contributed by atoms with Crippen molar-refractivity contribution in [3.8, 4) is 11.3 Å². The van der Waals surface area contributed by atoms with Crippen LogP contribution in [0.5, 0.6) is 0 Å². The van der Waals surface area contributed by atoms with Crippen molar-refractivity contribution in [2.45, 2.75) is 58.9 Å². The summed E-state index contributed by atoms with van der Waals surface area (Å²) in [5.41, 5.74) is 2.09. The van der Waals surface area contributed by atoms with Crippen LogP contribution >= 0.6 is 0 Å². The molecule has 1 aromatic carbocycles. The van der Waals surface area contributed by atoms with E-state index in [-0.39, 0.29) is 11.4 Å². The van der Waals surface area contributed by atoms with E-state index >= 15 is 0 Å². The van der Waals surface area contributed by atoms with Crippen molar-refractivity contribution in [1.82, 2.24) is 10.3 Å². The normalized spacial score (nSPS) is 11.7. The van der Waals surface area contributed by atoms with Gasteiger partial charge in [0.25, 0.3) is 0 Å². The molecule has 0 aliphatic heterocycles. The third kappa shape index (κ3) is 5.23. The molecule has 0 bridgehead atoms. The fourth-order valence-corrected chi connectivity index (χ4v) is 2.29. The van der Waals surface area contributed by atoms with Crippen LogP contribution in [0.3, 0.4) is 0 Å². The van der Waals surface area contributed by atoms with Gasteiger partial charge < -0.3 is 9.73 Å². The average Bonchev–Trinajstić information content (AvgIpc) is 2.92. The van der Waals surface area contributed by atoms with Crippen LogP contribution in [0.2, 0.25) is 0 Å². The zero-order valence-corrected chi connectivity index (χ0v) is 14.6. The van der Waals surface area contributed by atoms with Gasteiger partial charge in [-0.15, -0.1) is 0 Å². The van der Waals surface area contributed by atoms with Gasteiger partial charge in [0, 0.05) is 23.9 Å². The van der Waals surface area contributed by atoms with Crippen LogP contribution in [0, 0.1) is 0 Å². The Bertz CT molecular complexity index is 649. The summed E-state index contributed by atoms with van der Waals surface area (Å²) in [6, 6.07) is 8.32. The molecule has 0 unspecified atom stereocenters. The molecule has 1 amide bonds. The van der Waals surface area contributed by atoms with Gasteiger partial charge in [-0.1, -0.05) is 38.1 Å². The minimum absolute atomic E-state index is 0.0125. The van der Waals surface area contributed by atoms with E-state index in [2.05, 4.69) is 36.3 Å². The number of nitrogens with one attached hydrogen (secondary N) is 1. The van der Waals surface area contributed by atoms with E-state index in [0.717, 1.165) is 11.3 Å². The molecular weight excluding hydrogens is 288 g/mol. The molecule has 0 saturated heterocycles. The number of aromatic nitrogens is 1.